The Morgan fingerprint density at radius 2 is 1.93 bits per heavy atom. The number of rotatable bonds is 12. The van der Waals surface area contributed by atoms with Gasteiger partial charge in [0.15, 0.2) is 5.95 Å². The number of nitrogens with zero attached hydrogens (tertiary/aromatic N) is 4. The van der Waals surface area contributed by atoms with Gasteiger partial charge >= 0.3 is 0 Å². The monoisotopic (exact) mass is 412 g/mol. The number of unbranched alkanes of at least 4 members (excludes halogenated alkanes) is 2. The van der Waals surface area contributed by atoms with E-state index in [1.165, 1.54) is 0 Å². The summed E-state index contributed by atoms with van der Waals surface area (Å²) in [4.78, 5) is 7.05. The predicted molar refractivity (Wildman–Crippen MR) is 117 cm³/mol. The predicted octanol–water partition coefficient (Wildman–Crippen LogP) is 3.35. The molecule has 0 radical (unpaired) electrons. The van der Waals surface area contributed by atoms with Crippen LogP contribution in [0.25, 0.3) is 6.08 Å². The minimum absolute atomic E-state index is 0.479. The molecule has 0 aliphatic carbocycles. The summed E-state index contributed by atoms with van der Waals surface area (Å²) < 4.78 is 13.9. The third-order valence-electron chi connectivity index (χ3n) is 4.56. The topological polar surface area (TPSA) is 102 Å². The number of nitrogens with one attached hydrogen (secondary N) is 1. The Morgan fingerprint density at radius 1 is 1.10 bits per heavy atom. The molecule has 0 aliphatic heterocycles. The zero-order chi connectivity index (χ0) is 20.3. The molecule has 3 aromatic rings. The molecule has 2 heterocycles. The van der Waals surface area contributed by atoms with Gasteiger partial charge in [-0.05, 0) is 43.7 Å². The number of nitrogens with two attached hydrogens (primary N) is 1. The van der Waals surface area contributed by atoms with Gasteiger partial charge in [-0.25, -0.2) is 4.98 Å². The molecule has 0 saturated carbocycles. The Hall–Kier alpha value is -2.74. The number of nitrogen functional groups attached to an aromatic ring is 1. The third-order valence-corrected chi connectivity index (χ3v) is 5.69. The van der Waals surface area contributed by atoms with Gasteiger partial charge in [-0.1, -0.05) is 42.0 Å². The van der Waals surface area contributed by atoms with E-state index in [1.807, 2.05) is 47.3 Å². The molecule has 0 bridgehead atoms. The van der Waals surface area contributed by atoms with Crippen molar-refractivity contribution < 1.29 is 4.21 Å². The summed E-state index contributed by atoms with van der Waals surface area (Å²) in [5.74, 6) is 1.10. The van der Waals surface area contributed by atoms with Gasteiger partial charge in [0.2, 0.25) is 0 Å². The van der Waals surface area contributed by atoms with Gasteiger partial charge in [0.1, 0.15) is 0 Å². The van der Waals surface area contributed by atoms with Crippen LogP contribution in [-0.4, -0.2) is 34.9 Å². The van der Waals surface area contributed by atoms with Crippen molar-refractivity contribution in [3.63, 3.8) is 0 Å². The van der Waals surface area contributed by atoms with Gasteiger partial charge in [-0.3, -0.25) is 8.89 Å². The summed E-state index contributed by atoms with van der Waals surface area (Å²) >= 11 is 0. The lowest BCUT2D eigenvalue weighted by Gasteiger charge is -1.99. The first-order chi connectivity index (χ1) is 14.2. The van der Waals surface area contributed by atoms with Crippen LogP contribution in [0, 0.1) is 0 Å². The highest BCUT2D eigenvalue weighted by Gasteiger charge is 2.03. The number of aromatic nitrogens is 5. The quantitative estimate of drug-likeness (QED) is 0.444. The average Bonchev–Trinajstić information content (AvgIpc) is 3.36. The van der Waals surface area contributed by atoms with Crippen molar-refractivity contribution in [3.8, 4) is 0 Å². The van der Waals surface area contributed by atoms with E-state index in [0.717, 1.165) is 62.0 Å². The van der Waals surface area contributed by atoms with E-state index >= 15 is 0 Å². The normalized spacial score (nSPS) is 12.6. The molecule has 1 aromatic carbocycles. The second-order valence-corrected chi connectivity index (χ2v) is 8.42. The summed E-state index contributed by atoms with van der Waals surface area (Å²) in [5.41, 5.74) is 8.74. The first kappa shape index (κ1) is 21.0. The highest BCUT2D eigenvalue weighted by Crippen LogP contribution is 2.08. The van der Waals surface area contributed by atoms with Crippen LogP contribution in [-0.2, 0) is 30.2 Å². The minimum Gasteiger partial charge on any atom is -0.369 e. The molecule has 1 atom stereocenters. The smallest absolute Gasteiger partial charge is 0.197 e. The standard InChI is InChI=1S/C21H28N6OS/c22-21-23-16-19(24-21)10-5-2-6-11-20-17-27(26-25-20)13-7-14-29(28)15-12-18-8-3-1-4-9-18/h1,3-4,8-9,12,15-17H,2,5-7,10-11,13-14H2,(H3,22,23,24)/b15-12+. The number of anilines is 1. The zero-order valence-corrected chi connectivity index (χ0v) is 17.4. The number of hydrogen-bond donors (Lipinski definition) is 2. The summed E-state index contributed by atoms with van der Waals surface area (Å²) in [7, 11) is -0.966. The van der Waals surface area contributed by atoms with E-state index in [1.54, 1.807) is 11.6 Å². The first-order valence-electron chi connectivity index (χ1n) is 9.98. The number of hydrogen-bond acceptors (Lipinski definition) is 5. The van der Waals surface area contributed by atoms with Crippen molar-refractivity contribution in [1.82, 2.24) is 25.0 Å². The lowest BCUT2D eigenvalue weighted by atomic mass is 10.1. The van der Waals surface area contributed by atoms with Gasteiger partial charge in [-0.2, -0.15) is 0 Å². The highest BCUT2D eigenvalue weighted by atomic mass is 32.2. The average molecular weight is 413 g/mol. The maximum absolute atomic E-state index is 12.1. The van der Waals surface area contributed by atoms with Crippen LogP contribution in [0.15, 0.2) is 48.1 Å². The van der Waals surface area contributed by atoms with Crippen molar-refractivity contribution in [2.24, 2.45) is 0 Å². The van der Waals surface area contributed by atoms with Gasteiger partial charge < -0.3 is 10.7 Å². The minimum atomic E-state index is -0.966. The van der Waals surface area contributed by atoms with Crippen molar-refractivity contribution in [2.45, 2.75) is 45.1 Å². The molecule has 3 N–H and O–H groups in total. The molecule has 2 aromatic heterocycles. The van der Waals surface area contributed by atoms with Crippen LogP contribution >= 0.6 is 0 Å². The van der Waals surface area contributed by atoms with Gasteiger partial charge in [0.25, 0.3) is 0 Å². The van der Waals surface area contributed by atoms with E-state index in [9.17, 15) is 4.21 Å². The molecule has 0 spiro atoms. The zero-order valence-electron chi connectivity index (χ0n) is 16.5. The van der Waals surface area contributed by atoms with Crippen LogP contribution in [0.4, 0.5) is 5.95 Å². The fourth-order valence-corrected chi connectivity index (χ4v) is 3.88. The molecule has 154 valence electrons. The number of aryl methyl sites for hydroxylation is 3. The van der Waals surface area contributed by atoms with Crippen molar-refractivity contribution in [3.05, 3.63) is 65.1 Å². The van der Waals surface area contributed by atoms with Crippen LogP contribution < -0.4 is 5.73 Å². The molecule has 29 heavy (non-hydrogen) atoms. The van der Waals surface area contributed by atoms with Crippen molar-refractivity contribution in [2.75, 3.05) is 11.5 Å². The van der Waals surface area contributed by atoms with Gasteiger partial charge in [0, 0.05) is 40.4 Å². The molecule has 1 unspecified atom stereocenters. The third kappa shape index (κ3) is 7.65. The van der Waals surface area contributed by atoms with Crippen LogP contribution in [0.2, 0.25) is 0 Å². The molecule has 7 nitrogen and oxygen atoms in total. The Balaban J connectivity index is 1.28. The fourth-order valence-electron chi connectivity index (χ4n) is 3.02. The number of aromatic amines is 1. The van der Waals surface area contributed by atoms with E-state index in [-0.39, 0.29) is 0 Å². The summed E-state index contributed by atoms with van der Waals surface area (Å²) in [6.07, 6.45) is 11.7. The van der Waals surface area contributed by atoms with Crippen LogP contribution in [0.1, 0.15) is 42.6 Å². The Bertz CT molecular complexity index is 918. The van der Waals surface area contributed by atoms with Crippen LogP contribution in [0.5, 0.6) is 0 Å². The number of H-pyrrole nitrogens is 1. The molecule has 0 fully saturated rings. The highest BCUT2D eigenvalue weighted by molar-refractivity contribution is 7.88. The SMILES string of the molecule is Nc1ncc(CCCCCc2cn(CCCS(=O)/C=C/c3ccccc3)nn2)[nH]1. The number of benzene rings is 1. The first-order valence-corrected chi connectivity index (χ1v) is 11.4. The lowest BCUT2D eigenvalue weighted by Crippen LogP contribution is -2.03. The lowest BCUT2D eigenvalue weighted by molar-refractivity contribution is 0.578. The molecule has 0 aliphatic rings. The van der Waals surface area contributed by atoms with Gasteiger partial charge in [0.05, 0.1) is 11.9 Å². The second-order valence-electron chi connectivity index (χ2n) is 6.98. The van der Waals surface area contributed by atoms with E-state index in [2.05, 4.69) is 20.3 Å². The Morgan fingerprint density at radius 3 is 2.72 bits per heavy atom. The molecular formula is C21H28N6OS. The molecule has 8 heteroatoms. The summed E-state index contributed by atoms with van der Waals surface area (Å²) in [6.45, 7) is 0.735. The largest absolute Gasteiger partial charge is 0.369 e. The molecule has 0 amide bonds. The summed E-state index contributed by atoms with van der Waals surface area (Å²) in [6, 6.07) is 9.91. The number of imidazole rings is 1. The Kier molecular flexibility index (Phi) is 8.18. The van der Waals surface area contributed by atoms with E-state index in [4.69, 9.17) is 5.73 Å². The second kappa shape index (κ2) is 11.3. The van der Waals surface area contributed by atoms with E-state index < -0.39 is 10.8 Å². The van der Waals surface area contributed by atoms with E-state index in [0.29, 0.717) is 11.7 Å². The maximum atomic E-state index is 12.1. The van der Waals surface area contributed by atoms with Crippen LogP contribution in [0.3, 0.4) is 0 Å². The maximum Gasteiger partial charge on any atom is 0.197 e. The van der Waals surface area contributed by atoms with Gasteiger partial charge in [-0.15, -0.1) is 5.10 Å². The molecule has 3 rings (SSSR count). The van der Waals surface area contributed by atoms with Crippen molar-refractivity contribution >= 4 is 22.8 Å². The molecular weight excluding hydrogens is 384 g/mol. The summed E-state index contributed by atoms with van der Waals surface area (Å²) in [5, 5.41) is 10.2. The Labute approximate surface area is 173 Å². The fraction of sp³-hybridized carbons (Fsp3) is 0.381. The van der Waals surface area contributed by atoms with Crippen molar-refractivity contribution in [1.29, 1.82) is 0 Å². The molecule has 0 saturated heterocycles.